The van der Waals surface area contributed by atoms with E-state index in [1.165, 1.54) is 0 Å². The van der Waals surface area contributed by atoms with Gasteiger partial charge >= 0.3 is 0 Å². The van der Waals surface area contributed by atoms with Crippen LogP contribution in [-0.4, -0.2) is 17.3 Å². The van der Waals surface area contributed by atoms with Gasteiger partial charge < -0.3 is 5.11 Å². The van der Waals surface area contributed by atoms with Crippen LogP contribution in [0.25, 0.3) is 0 Å². The van der Waals surface area contributed by atoms with Crippen molar-refractivity contribution in [1.29, 1.82) is 0 Å². The van der Waals surface area contributed by atoms with Crippen LogP contribution in [0.4, 0.5) is 0 Å². The van der Waals surface area contributed by atoms with Gasteiger partial charge in [-0.15, -0.1) is 0 Å². The topological polar surface area (TPSA) is 38.7 Å². The van der Waals surface area contributed by atoms with Gasteiger partial charge in [0.15, 0.2) is 0 Å². The molecule has 0 fully saturated rings. The zero-order chi connectivity index (χ0) is 8.20. The van der Waals surface area contributed by atoms with Crippen LogP contribution in [0.2, 0.25) is 0 Å². The third-order valence-electron chi connectivity index (χ3n) is 0.534. The first-order valence-electron chi connectivity index (χ1n) is 3.09. The smallest absolute Gasteiger partial charge is 0.138 e. The Balaban J connectivity index is 3.29. The summed E-state index contributed by atoms with van der Waals surface area (Å²) in [6.45, 7) is 8.81. The van der Waals surface area contributed by atoms with Crippen molar-refractivity contribution in [2.45, 2.75) is 26.4 Å². The average molecular weight is 146 g/mol. The van der Waals surface area contributed by atoms with Crippen LogP contribution < -0.4 is 0 Å². The summed E-state index contributed by atoms with van der Waals surface area (Å²) in [7, 11) is 0. The molecular weight excluding hydrogens is 132 g/mol. The Labute approximate surface area is 61.2 Å². The molecule has 0 amide bonds. The van der Waals surface area contributed by atoms with Crippen molar-refractivity contribution in [3.05, 3.63) is 12.3 Å². The molecule has 3 nitrogen and oxygen atoms in total. The van der Waals surface area contributed by atoms with Gasteiger partial charge in [0.1, 0.15) is 12.4 Å². The minimum Gasteiger partial charge on any atom is -0.510 e. The number of aliphatic hydroxyl groups is 1. The van der Waals surface area contributed by atoms with Crippen LogP contribution in [0.3, 0.4) is 0 Å². The first-order chi connectivity index (χ1) is 4.42. The second kappa shape index (κ2) is 3.58. The maximum atomic E-state index is 8.55. The molecule has 0 aliphatic carbocycles. The molecule has 0 aromatic heterocycles. The average Bonchev–Trinajstić information content (AvgIpc) is 1.59. The molecular formula is C7H14O3. The molecule has 0 bridgehead atoms. The van der Waals surface area contributed by atoms with E-state index in [0.717, 1.165) is 0 Å². The monoisotopic (exact) mass is 146 g/mol. The number of hydrogen-bond acceptors (Lipinski definition) is 3. The fourth-order valence-electron chi connectivity index (χ4n) is 0.274. The highest BCUT2D eigenvalue weighted by molar-refractivity contribution is 4.76. The van der Waals surface area contributed by atoms with E-state index in [4.69, 9.17) is 9.99 Å². The van der Waals surface area contributed by atoms with E-state index in [-0.39, 0.29) is 18.0 Å². The summed E-state index contributed by atoms with van der Waals surface area (Å²) in [5, 5.41) is 8.55. The van der Waals surface area contributed by atoms with Gasteiger partial charge in [-0.25, -0.2) is 9.78 Å². The lowest BCUT2D eigenvalue weighted by atomic mass is 10.2. The van der Waals surface area contributed by atoms with Crippen molar-refractivity contribution >= 4 is 0 Å². The Hall–Kier alpha value is -0.540. The van der Waals surface area contributed by atoms with Crippen molar-refractivity contribution in [1.82, 2.24) is 0 Å². The second-order valence-electron chi connectivity index (χ2n) is 3.02. The highest BCUT2D eigenvalue weighted by Crippen LogP contribution is 2.06. The first kappa shape index (κ1) is 9.46. The van der Waals surface area contributed by atoms with E-state index in [1.54, 1.807) is 0 Å². The minimum absolute atomic E-state index is 0.0251. The van der Waals surface area contributed by atoms with Crippen LogP contribution in [0.5, 0.6) is 0 Å². The van der Waals surface area contributed by atoms with Crippen LogP contribution in [0.1, 0.15) is 20.8 Å². The lowest BCUT2D eigenvalue weighted by Gasteiger charge is -2.16. The van der Waals surface area contributed by atoms with Gasteiger partial charge in [0.05, 0.1) is 5.60 Å². The fraction of sp³-hybridized carbons (Fsp3) is 0.714. The molecule has 0 aromatic rings. The summed E-state index contributed by atoms with van der Waals surface area (Å²) in [4.78, 5) is 9.43. The molecule has 0 saturated heterocycles. The van der Waals surface area contributed by atoms with E-state index >= 15 is 0 Å². The van der Waals surface area contributed by atoms with E-state index in [1.807, 2.05) is 20.8 Å². The molecule has 0 spiro atoms. The fourth-order valence-corrected chi connectivity index (χ4v) is 0.274. The zero-order valence-electron chi connectivity index (χ0n) is 6.68. The molecule has 0 aromatic carbocycles. The molecule has 0 aliphatic heterocycles. The summed E-state index contributed by atoms with van der Waals surface area (Å²) in [5.41, 5.74) is -0.338. The van der Waals surface area contributed by atoms with E-state index in [9.17, 15) is 0 Å². The van der Waals surface area contributed by atoms with Crippen molar-refractivity contribution in [2.75, 3.05) is 6.61 Å². The molecule has 0 aliphatic rings. The number of aliphatic hydroxyl groups excluding tert-OH is 1. The molecule has 0 atom stereocenters. The van der Waals surface area contributed by atoms with Gasteiger partial charge in [0.25, 0.3) is 0 Å². The maximum absolute atomic E-state index is 8.55. The molecule has 0 rings (SSSR count). The minimum atomic E-state index is -0.338. The SMILES string of the molecule is C=C(O)COOC(C)(C)C. The summed E-state index contributed by atoms with van der Waals surface area (Å²) in [6.07, 6.45) is 0. The molecule has 60 valence electrons. The molecule has 1 N–H and O–H groups in total. The standard InChI is InChI=1S/C7H14O3/c1-6(8)5-9-10-7(2,3)4/h8H,1,5H2,2-4H3. The van der Waals surface area contributed by atoms with Crippen molar-refractivity contribution in [3.8, 4) is 0 Å². The van der Waals surface area contributed by atoms with Gasteiger partial charge in [-0.1, -0.05) is 6.58 Å². The molecule has 0 saturated carbocycles. The highest BCUT2D eigenvalue weighted by atomic mass is 17.2. The summed E-state index contributed by atoms with van der Waals surface area (Å²) >= 11 is 0. The zero-order valence-corrected chi connectivity index (χ0v) is 6.68. The van der Waals surface area contributed by atoms with Crippen molar-refractivity contribution < 1.29 is 14.9 Å². The Bertz CT molecular complexity index is 113. The maximum Gasteiger partial charge on any atom is 0.138 e. The van der Waals surface area contributed by atoms with Gasteiger partial charge in [-0.05, 0) is 20.8 Å². The molecule has 0 radical (unpaired) electrons. The van der Waals surface area contributed by atoms with E-state index < -0.39 is 0 Å². The van der Waals surface area contributed by atoms with E-state index in [0.29, 0.717) is 0 Å². The molecule has 3 heteroatoms. The lowest BCUT2D eigenvalue weighted by Crippen LogP contribution is -2.19. The van der Waals surface area contributed by atoms with Gasteiger partial charge in [0.2, 0.25) is 0 Å². The lowest BCUT2D eigenvalue weighted by molar-refractivity contribution is -0.345. The second-order valence-corrected chi connectivity index (χ2v) is 3.02. The quantitative estimate of drug-likeness (QED) is 0.375. The van der Waals surface area contributed by atoms with Crippen molar-refractivity contribution in [3.63, 3.8) is 0 Å². The summed E-state index contributed by atoms with van der Waals surface area (Å²) < 4.78 is 0. The third kappa shape index (κ3) is 7.46. The van der Waals surface area contributed by atoms with Crippen LogP contribution in [0, 0.1) is 0 Å². The van der Waals surface area contributed by atoms with Crippen LogP contribution in [-0.2, 0) is 9.78 Å². The Morgan fingerprint density at radius 1 is 1.50 bits per heavy atom. The predicted octanol–water partition coefficient (Wildman–Crippen LogP) is 1.80. The number of hydrogen-bond donors (Lipinski definition) is 1. The largest absolute Gasteiger partial charge is 0.510 e. The predicted molar refractivity (Wildman–Crippen MR) is 38.6 cm³/mol. The van der Waals surface area contributed by atoms with Crippen LogP contribution in [0.15, 0.2) is 12.3 Å². The van der Waals surface area contributed by atoms with Crippen LogP contribution >= 0.6 is 0 Å². The Morgan fingerprint density at radius 2 is 2.00 bits per heavy atom. The first-order valence-corrected chi connectivity index (χ1v) is 3.09. The Kier molecular flexibility index (Phi) is 3.39. The van der Waals surface area contributed by atoms with Gasteiger partial charge in [-0.3, -0.25) is 0 Å². The number of rotatable bonds is 3. The third-order valence-corrected chi connectivity index (χ3v) is 0.534. The van der Waals surface area contributed by atoms with Crippen molar-refractivity contribution in [2.24, 2.45) is 0 Å². The van der Waals surface area contributed by atoms with E-state index in [2.05, 4.69) is 11.5 Å². The normalized spacial score (nSPS) is 11.5. The molecule has 10 heavy (non-hydrogen) atoms. The molecule has 0 unspecified atom stereocenters. The summed E-state index contributed by atoms with van der Waals surface area (Å²) in [5.74, 6) is -0.0377. The van der Waals surface area contributed by atoms with Gasteiger partial charge in [-0.2, -0.15) is 0 Å². The van der Waals surface area contributed by atoms with Gasteiger partial charge in [0, 0.05) is 0 Å². The molecule has 0 heterocycles. The summed E-state index contributed by atoms with van der Waals surface area (Å²) in [6, 6.07) is 0. The Morgan fingerprint density at radius 3 is 2.30 bits per heavy atom. The highest BCUT2D eigenvalue weighted by Gasteiger charge is 2.10.